The average molecular weight is 739 g/mol. The van der Waals surface area contributed by atoms with Crippen LogP contribution in [-0.4, -0.2) is 73.5 Å². The maximum atomic E-state index is 13.5. The molecular formula is C30H24Cl2F3N7O6S. The number of sulfonamides is 1. The minimum Gasteiger partial charge on any atom is -0.480 e. The van der Waals surface area contributed by atoms with E-state index in [0.717, 1.165) is 4.31 Å². The molecule has 0 unspecified atom stereocenters. The Hall–Kier alpha value is -4.58. The van der Waals surface area contributed by atoms with Crippen molar-refractivity contribution >= 4 is 56.2 Å². The van der Waals surface area contributed by atoms with E-state index >= 15 is 0 Å². The Bertz CT molecular complexity index is 2170. The van der Waals surface area contributed by atoms with Crippen LogP contribution >= 0.6 is 23.2 Å². The Kier molecular flexibility index (Phi) is 9.12. The number of rotatable bonds is 9. The number of carbonyl (C=O) groups is 2. The van der Waals surface area contributed by atoms with E-state index in [1.807, 2.05) is 0 Å². The first kappa shape index (κ1) is 34.3. The minimum atomic E-state index is -4.83. The van der Waals surface area contributed by atoms with Gasteiger partial charge in [0.1, 0.15) is 17.6 Å². The number of carboxylic acids is 1. The fourth-order valence-electron chi connectivity index (χ4n) is 5.63. The summed E-state index contributed by atoms with van der Waals surface area (Å²) in [6.45, 7) is 1.62. The van der Waals surface area contributed by atoms with Gasteiger partial charge < -0.3 is 14.8 Å². The number of tetrazole rings is 1. The highest BCUT2D eigenvalue weighted by molar-refractivity contribution is 7.89. The average Bonchev–Trinajstić information content (AvgIpc) is 3.79. The number of hydrogen-bond donors (Lipinski definition) is 2. The minimum absolute atomic E-state index is 0.0210. The molecule has 0 aliphatic carbocycles. The van der Waals surface area contributed by atoms with Crippen molar-refractivity contribution in [1.82, 2.24) is 34.8 Å². The number of nitrogens with zero attached hydrogens (tertiary/aromatic N) is 6. The van der Waals surface area contributed by atoms with Crippen molar-refractivity contribution in [2.24, 2.45) is 0 Å². The number of hydrogen-bond acceptors (Lipinski definition) is 9. The lowest BCUT2D eigenvalue weighted by molar-refractivity contribution is -0.146. The van der Waals surface area contributed by atoms with Crippen molar-refractivity contribution in [3.63, 3.8) is 0 Å². The maximum Gasteiger partial charge on any atom is 0.453 e. The third kappa shape index (κ3) is 6.96. The molecule has 1 aliphatic heterocycles. The van der Waals surface area contributed by atoms with E-state index in [4.69, 9.17) is 27.6 Å². The van der Waals surface area contributed by atoms with Crippen LogP contribution in [0, 0.1) is 6.92 Å². The van der Waals surface area contributed by atoms with Crippen molar-refractivity contribution < 1.29 is 40.7 Å². The normalized spacial score (nSPS) is 16.2. The summed E-state index contributed by atoms with van der Waals surface area (Å²) >= 11 is 12.0. The zero-order chi connectivity index (χ0) is 35.2. The lowest BCUT2D eigenvalue weighted by atomic mass is 9.99. The van der Waals surface area contributed by atoms with Gasteiger partial charge in [0.25, 0.3) is 5.82 Å². The Morgan fingerprint density at radius 1 is 1.10 bits per heavy atom. The molecule has 49 heavy (non-hydrogen) atoms. The van der Waals surface area contributed by atoms with Crippen LogP contribution in [0.15, 0.2) is 63.9 Å². The molecule has 0 bridgehead atoms. The van der Waals surface area contributed by atoms with Crippen molar-refractivity contribution in [2.75, 3.05) is 6.54 Å². The highest BCUT2D eigenvalue weighted by atomic mass is 35.5. The number of halogens is 5. The van der Waals surface area contributed by atoms with Gasteiger partial charge in [-0.3, -0.25) is 4.79 Å². The van der Waals surface area contributed by atoms with Crippen LogP contribution < -0.4 is 5.32 Å². The maximum absolute atomic E-state index is 13.5. The molecule has 0 saturated carbocycles. The van der Waals surface area contributed by atoms with Crippen LogP contribution in [0.1, 0.15) is 30.1 Å². The van der Waals surface area contributed by atoms with Crippen LogP contribution in [0.25, 0.3) is 27.9 Å². The van der Waals surface area contributed by atoms with Gasteiger partial charge in [0.15, 0.2) is 11.5 Å². The molecule has 6 rings (SSSR count). The van der Waals surface area contributed by atoms with Gasteiger partial charge in [-0.1, -0.05) is 47.5 Å². The summed E-state index contributed by atoms with van der Waals surface area (Å²) in [6.07, 6.45) is -4.45. The van der Waals surface area contributed by atoms with Crippen LogP contribution in [-0.2, 0) is 32.2 Å². The zero-order valence-corrected chi connectivity index (χ0v) is 27.5. The molecule has 1 amide bonds. The number of aliphatic carboxylic acids is 1. The number of oxazole rings is 1. The molecule has 1 aliphatic rings. The summed E-state index contributed by atoms with van der Waals surface area (Å²) in [5.41, 5.74) is 1.89. The summed E-state index contributed by atoms with van der Waals surface area (Å²) in [7, 11) is -4.19. The van der Waals surface area contributed by atoms with Crippen molar-refractivity contribution in [3.8, 4) is 16.8 Å². The third-order valence-corrected chi connectivity index (χ3v) is 10.1. The second kappa shape index (κ2) is 13.0. The molecule has 3 heterocycles. The quantitative estimate of drug-likeness (QED) is 0.208. The first-order chi connectivity index (χ1) is 23.1. The van der Waals surface area contributed by atoms with Gasteiger partial charge in [-0.05, 0) is 64.7 Å². The summed E-state index contributed by atoms with van der Waals surface area (Å²) in [6, 6.07) is 10.4. The largest absolute Gasteiger partial charge is 0.480 e. The SMILES string of the molecule is Cc1nc2cc(-n3nnnc3C(F)(F)F)cc(-c3ccc(C[C@H](NC(=O)[C@@H]4CCCN4S(=O)(=O)c4cc(Cl)cc(Cl)c4)C(=O)O)cc3)c2o1. The molecule has 1 fully saturated rings. The van der Waals surface area contributed by atoms with Crippen molar-refractivity contribution in [1.29, 1.82) is 0 Å². The molecule has 2 atom stereocenters. The second-order valence-corrected chi connectivity index (χ2v) is 13.9. The summed E-state index contributed by atoms with van der Waals surface area (Å²) in [5, 5.41) is 22.4. The number of aryl methyl sites for hydroxylation is 1. The fraction of sp³-hybridized carbons (Fsp3) is 0.267. The van der Waals surface area contributed by atoms with Gasteiger partial charge in [0.05, 0.1) is 10.6 Å². The molecule has 19 heteroatoms. The third-order valence-electron chi connectivity index (χ3n) is 7.82. The molecule has 0 radical (unpaired) electrons. The molecule has 13 nitrogen and oxygen atoms in total. The smallest absolute Gasteiger partial charge is 0.453 e. The first-order valence-corrected chi connectivity index (χ1v) is 16.7. The van der Waals surface area contributed by atoms with Gasteiger partial charge >= 0.3 is 12.1 Å². The zero-order valence-electron chi connectivity index (χ0n) is 25.1. The molecule has 0 spiro atoms. The fourth-order valence-corrected chi connectivity index (χ4v) is 8.01. The van der Waals surface area contributed by atoms with E-state index in [-0.39, 0.29) is 51.4 Å². The highest BCUT2D eigenvalue weighted by Crippen LogP contribution is 2.35. The first-order valence-electron chi connectivity index (χ1n) is 14.5. The Balaban J connectivity index is 1.23. The van der Waals surface area contributed by atoms with E-state index in [0.29, 0.717) is 33.4 Å². The van der Waals surface area contributed by atoms with Crippen molar-refractivity contribution in [2.45, 2.75) is 49.3 Å². The molecule has 3 aromatic carbocycles. The number of aromatic nitrogens is 5. The van der Waals surface area contributed by atoms with E-state index < -0.39 is 46.0 Å². The van der Waals surface area contributed by atoms with Gasteiger partial charge in [-0.2, -0.15) is 22.2 Å². The predicted octanol–water partition coefficient (Wildman–Crippen LogP) is 5.07. The molecule has 5 aromatic rings. The number of carboxylic acid groups (broad SMARTS) is 1. The van der Waals surface area contributed by atoms with Gasteiger partial charge in [-0.25, -0.2) is 18.2 Å². The number of alkyl halides is 3. The topological polar surface area (TPSA) is 173 Å². The molecule has 256 valence electrons. The highest BCUT2D eigenvalue weighted by Gasteiger charge is 2.41. The number of amides is 1. The lowest BCUT2D eigenvalue weighted by Gasteiger charge is -2.25. The van der Waals surface area contributed by atoms with Crippen LogP contribution in [0.3, 0.4) is 0 Å². The van der Waals surface area contributed by atoms with Crippen LogP contribution in [0.2, 0.25) is 10.0 Å². The lowest BCUT2D eigenvalue weighted by Crippen LogP contribution is -2.51. The monoisotopic (exact) mass is 737 g/mol. The number of nitrogens with one attached hydrogen (secondary N) is 1. The van der Waals surface area contributed by atoms with E-state index in [9.17, 15) is 36.3 Å². The number of fused-ring (bicyclic) bond motifs is 1. The van der Waals surface area contributed by atoms with Crippen LogP contribution in [0.5, 0.6) is 0 Å². The molecule has 2 aromatic heterocycles. The van der Waals surface area contributed by atoms with Crippen molar-refractivity contribution in [3.05, 3.63) is 81.9 Å². The predicted molar refractivity (Wildman–Crippen MR) is 169 cm³/mol. The Morgan fingerprint density at radius 3 is 2.45 bits per heavy atom. The van der Waals surface area contributed by atoms with E-state index in [1.165, 1.54) is 30.3 Å². The van der Waals surface area contributed by atoms with Crippen LogP contribution in [0.4, 0.5) is 13.2 Å². The number of benzene rings is 3. The summed E-state index contributed by atoms with van der Waals surface area (Å²) in [5.74, 6) is -3.19. The molecular weight excluding hydrogens is 714 g/mol. The standard InChI is InChI=1S/C30H24Cl2F3N7O6S/c1-15-36-23-14-20(42-29(30(33,34)35)38-39-40-42)13-22(26(23)48-15)17-6-4-16(5-7-17)9-24(28(44)45)37-27(43)25-3-2-8-41(25)49(46,47)21-11-18(31)10-19(32)12-21/h4-7,10-14,24-25H,2-3,8-9H2,1H3,(H,37,43)(H,44,45)/t24-,25-/m0/s1. The summed E-state index contributed by atoms with van der Waals surface area (Å²) in [4.78, 5) is 29.6. The molecule has 2 N–H and O–H groups in total. The van der Waals surface area contributed by atoms with Gasteiger partial charge in [-0.15, -0.1) is 5.10 Å². The number of carbonyl (C=O) groups excluding carboxylic acids is 1. The molecule has 1 saturated heterocycles. The van der Waals surface area contributed by atoms with E-state index in [2.05, 4.69) is 25.8 Å². The Morgan fingerprint density at radius 2 is 1.80 bits per heavy atom. The van der Waals surface area contributed by atoms with Gasteiger partial charge in [0, 0.05) is 35.5 Å². The van der Waals surface area contributed by atoms with E-state index in [1.54, 1.807) is 31.2 Å². The van der Waals surface area contributed by atoms with Gasteiger partial charge in [0.2, 0.25) is 15.9 Å². The Labute approximate surface area is 285 Å². The second-order valence-electron chi connectivity index (χ2n) is 11.2. The summed E-state index contributed by atoms with van der Waals surface area (Å²) < 4.78 is 74.7.